The molecule has 0 fully saturated rings. The number of carbonyl (C=O) groups excluding carboxylic acids is 1. The molecule has 1 aliphatic heterocycles. The minimum atomic E-state index is -0.214. The van der Waals surface area contributed by atoms with Gasteiger partial charge in [0, 0.05) is 29.5 Å². The number of amides is 1. The lowest BCUT2D eigenvalue weighted by molar-refractivity contribution is 0.102. The van der Waals surface area contributed by atoms with Crippen molar-refractivity contribution in [1.82, 2.24) is 0 Å². The Morgan fingerprint density at radius 2 is 2.00 bits per heavy atom. The highest BCUT2D eigenvalue weighted by molar-refractivity contribution is 6.04. The van der Waals surface area contributed by atoms with Crippen molar-refractivity contribution in [3.8, 4) is 17.2 Å². The maximum Gasteiger partial charge on any atom is 0.255 e. The number of carbonyl (C=O) groups is 1. The molecule has 0 spiro atoms. The standard InChI is InChI=1S/C18H19NO5/c1-3-22-10-13-8-12(4-6-15(13)21-2)18(20)19-14-5-7-16-17(9-14)24-11-23-16/h4-9H,3,10-11H2,1-2H3,(H,19,20). The molecule has 0 aliphatic carbocycles. The first-order chi connectivity index (χ1) is 11.7. The maximum atomic E-state index is 12.5. The highest BCUT2D eigenvalue weighted by Crippen LogP contribution is 2.34. The molecular weight excluding hydrogens is 310 g/mol. The van der Waals surface area contributed by atoms with Crippen molar-refractivity contribution in [2.24, 2.45) is 0 Å². The van der Waals surface area contributed by atoms with Crippen molar-refractivity contribution in [3.05, 3.63) is 47.5 Å². The fourth-order valence-corrected chi connectivity index (χ4v) is 2.42. The molecule has 6 heteroatoms. The summed E-state index contributed by atoms with van der Waals surface area (Å²) in [6.45, 7) is 3.11. The van der Waals surface area contributed by atoms with E-state index in [0.717, 1.165) is 5.56 Å². The zero-order valence-electron chi connectivity index (χ0n) is 13.6. The van der Waals surface area contributed by atoms with Gasteiger partial charge in [-0.25, -0.2) is 0 Å². The van der Waals surface area contributed by atoms with E-state index in [0.29, 0.717) is 41.7 Å². The Hall–Kier alpha value is -2.73. The van der Waals surface area contributed by atoms with Gasteiger partial charge in [0.05, 0.1) is 13.7 Å². The van der Waals surface area contributed by atoms with E-state index < -0.39 is 0 Å². The predicted molar refractivity (Wildman–Crippen MR) is 88.8 cm³/mol. The molecule has 0 saturated heterocycles. The Morgan fingerprint density at radius 1 is 1.17 bits per heavy atom. The van der Waals surface area contributed by atoms with E-state index in [-0.39, 0.29) is 12.7 Å². The van der Waals surface area contributed by atoms with Crippen molar-refractivity contribution >= 4 is 11.6 Å². The van der Waals surface area contributed by atoms with Crippen LogP contribution in [0, 0.1) is 0 Å². The highest BCUT2D eigenvalue weighted by atomic mass is 16.7. The molecule has 3 rings (SSSR count). The van der Waals surface area contributed by atoms with E-state index in [1.165, 1.54) is 0 Å². The molecular formula is C18H19NO5. The number of ether oxygens (including phenoxy) is 4. The summed E-state index contributed by atoms with van der Waals surface area (Å²) >= 11 is 0. The van der Waals surface area contributed by atoms with Crippen LogP contribution in [-0.4, -0.2) is 26.4 Å². The van der Waals surface area contributed by atoms with E-state index in [1.807, 2.05) is 6.92 Å². The average Bonchev–Trinajstić information content (AvgIpc) is 3.07. The van der Waals surface area contributed by atoms with E-state index in [1.54, 1.807) is 43.5 Å². The summed E-state index contributed by atoms with van der Waals surface area (Å²) in [5, 5.41) is 2.85. The molecule has 0 aromatic heterocycles. The van der Waals surface area contributed by atoms with Gasteiger partial charge in [-0.05, 0) is 37.3 Å². The lowest BCUT2D eigenvalue weighted by Gasteiger charge is -2.11. The second kappa shape index (κ2) is 7.23. The number of anilines is 1. The molecule has 24 heavy (non-hydrogen) atoms. The zero-order chi connectivity index (χ0) is 16.9. The molecule has 1 aliphatic rings. The lowest BCUT2D eigenvalue weighted by atomic mass is 10.1. The van der Waals surface area contributed by atoms with E-state index >= 15 is 0 Å². The topological polar surface area (TPSA) is 66.0 Å². The minimum Gasteiger partial charge on any atom is -0.496 e. The lowest BCUT2D eigenvalue weighted by Crippen LogP contribution is -2.12. The van der Waals surface area contributed by atoms with Gasteiger partial charge < -0.3 is 24.3 Å². The van der Waals surface area contributed by atoms with Crippen LogP contribution in [0.25, 0.3) is 0 Å². The van der Waals surface area contributed by atoms with E-state index in [9.17, 15) is 4.79 Å². The summed E-state index contributed by atoms with van der Waals surface area (Å²) in [6.07, 6.45) is 0. The summed E-state index contributed by atoms with van der Waals surface area (Å²) in [7, 11) is 1.59. The van der Waals surface area contributed by atoms with Gasteiger partial charge in [-0.3, -0.25) is 4.79 Å². The Morgan fingerprint density at radius 3 is 2.79 bits per heavy atom. The van der Waals surface area contributed by atoms with Gasteiger partial charge in [0.1, 0.15) is 5.75 Å². The molecule has 0 atom stereocenters. The fraction of sp³-hybridized carbons (Fsp3) is 0.278. The Bertz CT molecular complexity index is 744. The van der Waals surface area contributed by atoms with Gasteiger partial charge in [-0.15, -0.1) is 0 Å². The van der Waals surface area contributed by atoms with Crippen LogP contribution in [0.5, 0.6) is 17.2 Å². The zero-order valence-corrected chi connectivity index (χ0v) is 13.6. The molecule has 0 radical (unpaired) electrons. The predicted octanol–water partition coefficient (Wildman–Crippen LogP) is 3.21. The summed E-state index contributed by atoms with van der Waals surface area (Å²) in [5.74, 6) is 1.79. The third kappa shape index (κ3) is 3.44. The quantitative estimate of drug-likeness (QED) is 0.881. The first-order valence-electron chi connectivity index (χ1n) is 7.67. The number of nitrogens with one attached hydrogen (secondary N) is 1. The van der Waals surface area contributed by atoms with Crippen molar-refractivity contribution in [2.45, 2.75) is 13.5 Å². The normalized spacial score (nSPS) is 12.1. The third-order valence-corrected chi connectivity index (χ3v) is 3.63. The van der Waals surface area contributed by atoms with Crippen molar-refractivity contribution < 1.29 is 23.7 Å². The van der Waals surface area contributed by atoms with E-state index in [2.05, 4.69) is 5.32 Å². The van der Waals surface area contributed by atoms with Crippen LogP contribution in [0.1, 0.15) is 22.8 Å². The molecule has 2 aromatic rings. The van der Waals surface area contributed by atoms with Gasteiger partial charge in [0.25, 0.3) is 5.91 Å². The first kappa shape index (κ1) is 16.1. The molecule has 1 N–H and O–H groups in total. The Balaban J connectivity index is 1.77. The van der Waals surface area contributed by atoms with Gasteiger partial charge in [-0.2, -0.15) is 0 Å². The van der Waals surface area contributed by atoms with Crippen LogP contribution in [0.3, 0.4) is 0 Å². The van der Waals surface area contributed by atoms with Crippen LogP contribution < -0.4 is 19.5 Å². The SMILES string of the molecule is CCOCc1cc(C(=O)Nc2ccc3c(c2)OCO3)ccc1OC. The molecule has 0 bridgehead atoms. The second-order valence-electron chi connectivity index (χ2n) is 5.19. The minimum absolute atomic E-state index is 0.200. The van der Waals surface area contributed by atoms with Gasteiger partial charge >= 0.3 is 0 Å². The maximum absolute atomic E-state index is 12.5. The summed E-state index contributed by atoms with van der Waals surface area (Å²) in [5.41, 5.74) is 2.01. The van der Waals surface area contributed by atoms with Crippen LogP contribution in [0.4, 0.5) is 5.69 Å². The van der Waals surface area contributed by atoms with E-state index in [4.69, 9.17) is 18.9 Å². The summed E-state index contributed by atoms with van der Waals surface area (Å²) in [4.78, 5) is 12.5. The number of rotatable bonds is 6. The van der Waals surface area contributed by atoms with Crippen LogP contribution in [0.15, 0.2) is 36.4 Å². The Kier molecular flexibility index (Phi) is 4.86. The van der Waals surface area contributed by atoms with Gasteiger partial charge in [0.15, 0.2) is 11.5 Å². The molecule has 126 valence electrons. The molecule has 6 nitrogen and oxygen atoms in total. The number of fused-ring (bicyclic) bond motifs is 1. The average molecular weight is 329 g/mol. The molecule has 0 unspecified atom stereocenters. The largest absolute Gasteiger partial charge is 0.496 e. The Labute approximate surface area is 140 Å². The monoisotopic (exact) mass is 329 g/mol. The second-order valence-corrected chi connectivity index (χ2v) is 5.19. The number of methoxy groups -OCH3 is 1. The fourth-order valence-electron chi connectivity index (χ4n) is 2.42. The van der Waals surface area contributed by atoms with Crippen LogP contribution >= 0.6 is 0 Å². The smallest absolute Gasteiger partial charge is 0.255 e. The van der Waals surface area contributed by atoms with Crippen molar-refractivity contribution in [1.29, 1.82) is 0 Å². The molecule has 1 heterocycles. The van der Waals surface area contributed by atoms with Gasteiger partial charge in [-0.1, -0.05) is 0 Å². The summed E-state index contributed by atoms with van der Waals surface area (Å²) < 4.78 is 21.3. The van der Waals surface area contributed by atoms with Crippen LogP contribution in [0.2, 0.25) is 0 Å². The number of benzene rings is 2. The van der Waals surface area contributed by atoms with Gasteiger partial charge in [0.2, 0.25) is 6.79 Å². The third-order valence-electron chi connectivity index (χ3n) is 3.63. The molecule has 1 amide bonds. The van der Waals surface area contributed by atoms with Crippen molar-refractivity contribution in [3.63, 3.8) is 0 Å². The number of hydrogen-bond donors (Lipinski definition) is 1. The van der Waals surface area contributed by atoms with Crippen LogP contribution in [-0.2, 0) is 11.3 Å². The first-order valence-corrected chi connectivity index (χ1v) is 7.67. The van der Waals surface area contributed by atoms with Crippen molar-refractivity contribution in [2.75, 3.05) is 25.8 Å². The molecule has 2 aromatic carbocycles. The molecule has 0 saturated carbocycles. The summed E-state index contributed by atoms with van der Waals surface area (Å²) in [6, 6.07) is 10.5. The number of hydrogen-bond acceptors (Lipinski definition) is 5. The highest BCUT2D eigenvalue weighted by Gasteiger charge is 2.15.